The zero-order valence-electron chi connectivity index (χ0n) is 12.8. The van der Waals surface area contributed by atoms with Crippen LogP contribution in [0.1, 0.15) is 49.4 Å². The van der Waals surface area contributed by atoms with Crippen LogP contribution in [-0.2, 0) is 0 Å². The van der Waals surface area contributed by atoms with E-state index in [4.69, 9.17) is 0 Å². The molecule has 4 nitrogen and oxygen atoms in total. The lowest BCUT2D eigenvalue weighted by atomic mass is 9.98. The number of anilines is 1. The fourth-order valence-electron chi connectivity index (χ4n) is 2.96. The van der Waals surface area contributed by atoms with Crippen molar-refractivity contribution < 1.29 is 9.90 Å². The van der Waals surface area contributed by atoms with Gasteiger partial charge >= 0.3 is 0 Å². The lowest BCUT2D eigenvalue weighted by Gasteiger charge is -2.36. The van der Waals surface area contributed by atoms with Crippen molar-refractivity contribution in [3.05, 3.63) is 29.8 Å². The van der Waals surface area contributed by atoms with Gasteiger partial charge in [-0.15, -0.1) is 0 Å². The highest BCUT2D eigenvalue weighted by atomic mass is 16.3. The largest absolute Gasteiger partial charge is 0.396 e. The molecular weight excluding hydrogens is 264 g/mol. The zero-order valence-corrected chi connectivity index (χ0v) is 12.8. The summed E-state index contributed by atoms with van der Waals surface area (Å²) in [6, 6.07) is 7.90. The summed E-state index contributed by atoms with van der Waals surface area (Å²) in [6.07, 6.45) is 4.90. The molecule has 1 unspecified atom stereocenters. The summed E-state index contributed by atoms with van der Waals surface area (Å²) in [5.74, 6) is 0.0901. The van der Waals surface area contributed by atoms with Gasteiger partial charge in [0.05, 0.1) is 5.56 Å². The second kappa shape index (κ2) is 8.03. The van der Waals surface area contributed by atoms with E-state index < -0.39 is 0 Å². The van der Waals surface area contributed by atoms with Gasteiger partial charge in [0.25, 0.3) is 5.91 Å². The Kier molecular flexibility index (Phi) is 6.05. The number of piperidine rings is 1. The van der Waals surface area contributed by atoms with Gasteiger partial charge in [-0.05, 0) is 44.2 Å². The van der Waals surface area contributed by atoms with E-state index in [0.717, 1.165) is 50.0 Å². The maximum atomic E-state index is 12.9. The minimum absolute atomic E-state index is 0.0901. The Hall–Kier alpha value is -1.55. The third kappa shape index (κ3) is 3.97. The number of aliphatic hydroxyl groups excluding tert-OH is 1. The van der Waals surface area contributed by atoms with Crippen molar-refractivity contribution >= 4 is 11.6 Å². The third-order valence-electron chi connectivity index (χ3n) is 4.07. The molecule has 0 bridgehead atoms. The standard InChI is InChI=1S/C17H26N2O2/c1-2-11-18-16-9-4-3-8-15(16)17(21)19-12-6-5-7-14(19)10-13-20/h3-4,8-9,14,18,20H,2,5-7,10-13H2,1H3. The number of carbonyl (C=O) groups is 1. The van der Waals surface area contributed by atoms with E-state index in [1.807, 2.05) is 29.2 Å². The summed E-state index contributed by atoms with van der Waals surface area (Å²) in [7, 11) is 0. The van der Waals surface area contributed by atoms with Crippen LogP contribution >= 0.6 is 0 Å². The molecule has 1 saturated heterocycles. The molecule has 1 aliphatic heterocycles. The van der Waals surface area contributed by atoms with E-state index in [2.05, 4.69) is 12.2 Å². The smallest absolute Gasteiger partial charge is 0.256 e. The zero-order chi connectivity index (χ0) is 15.1. The average Bonchev–Trinajstić information content (AvgIpc) is 2.53. The molecule has 21 heavy (non-hydrogen) atoms. The Bertz CT molecular complexity index is 460. The van der Waals surface area contributed by atoms with Crippen molar-refractivity contribution in [3.8, 4) is 0 Å². The predicted molar refractivity (Wildman–Crippen MR) is 85.6 cm³/mol. The number of nitrogens with zero attached hydrogens (tertiary/aromatic N) is 1. The molecule has 2 N–H and O–H groups in total. The average molecular weight is 290 g/mol. The monoisotopic (exact) mass is 290 g/mol. The molecule has 0 aliphatic carbocycles. The van der Waals surface area contributed by atoms with Crippen LogP contribution in [-0.4, -0.2) is 41.7 Å². The van der Waals surface area contributed by atoms with Crippen LogP contribution < -0.4 is 5.32 Å². The van der Waals surface area contributed by atoms with Gasteiger partial charge in [0.2, 0.25) is 0 Å². The molecule has 0 radical (unpaired) electrons. The van der Waals surface area contributed by atoms with Crippen LogP contribution in [0.25, 0.3) is 0 Å². The molecule has 1 amide bonds. The van der Waals surface area contributed by atoms with Crippen LogP contribution in [0, 0.1) is 0 Å². The molecule has 116 valence electrons. The summed E-state index contributed by atoms with van der Waals surface area (Å²) in [5.41, 5.74) is 1.66. The van der Waals surface area contributed by atoms with Crippen LogP contribution in [0.15, 0.2) is 24.3 Å². The summed E-state index contributed by atoms with van der Waals surface area (Å²) in [4.78, 5) is 14.8. The fourth-order valence-corrected chi connectivity index (χ4v) is 2.96. The first-order chi connectivity index (χ1) is 10.3. The highest BCUT2D eigenvalue weighted by Gasteiger charge is 2.28. The second-order valence-electron chi connectivity index (χ2n) is 5.63. The number of likely N-dealkylation sites (tertiary alicyclic amines) is 1. The van der Waals surface area contributed by atoms with E-state index in [1.54, 1.807) is 0 Å². The van der Waals surface area contributed by atoms with Crippen LogP contribution in [0.2, 0.25) is 0 Å². The molecule has 1 aromatic rings. The van der Waals surface area contributed by atoms with Crippen molar-refractivity contribution in [1.82, 2.24) is 4.90 Å². The Labute approximate surface area is 127 Å². The van der Waals surface area contributed by atoms with Gasteiger partial charge in [0, 0.05) is 31.4 Å². The van der Waals surface area contributed by atoms with Crippen LogP contribution in [0.3, 0.4) is 0 Å². The Morgan fingerprint density at radius 2 is 2.19 bits per heavy atom. The predicted octanol–water partition coefficient (Wildman–Crippen LogP) is 2.89. The first-order valence-electron chi connectivity index (χ1n) is 8.02. The number of nitrogens with one attached hydrogen (secondary N) is 1. The molecule has 1 atom stereocenters. The number of amides is 1. The maximum absolute atomic E-state index is 12.9. The van der Waals surface area contributed by atoms with Gasteiger partial charge in [-0.1, -0.05) is 19.1 Å². The molecule has 1 heterocycles. The molecule has 1 aromatic carbocycles. The Morgan fingerprint density at radius 3 is 2.95 bits per heavy atom. The molecule has 0 saturated carbocycles. The molecular formula is C17H26N2O2. The lowest BCUT2D eigenvalue weighted by molar-refractivity contribution is 0.0575. The van der Waals surface area contributed by atoms with E-state index in [0.29, 0.717) is 6.42 Å². The van der Waals surface area contributed by atoms with Crippen molar-refractivity contribution in [2.24, 2.45) is 0 Å². The van der Waals surface area contributed by atoms with Crippen molar-refractivity contribution in [2.45, 2.75) is 45.1 Å². The molecule has 0 spiro atoms. The van der Waals surface area contributed by atoms with E-state index >= 15 is 0 Å². The molecule has 0 aromatic heterocycles. The van der Waals surface area contributed by atoms with Gasteiger partial charge in [0.15, 0.2) is 0 Å². The van der Waals surface area contributed by atoms with Crippen LogP contribution in [0.5, 0.6) is 0 Å². The highest BCUT2D eigenvalue weighted by molar-refractivity contribution is 5.99. The minimum Gasteiger partial charge on any atom is -0.396 e. The highest BCUT2D eigenvalue weighted by Crippen LogP contribution is 2.24. The maximum Gasteiger partial charge on any atom is 0.256 e. The summed E-state index contributed by atoms with van der Waals surface area (Å²) < 4.78 is 0. The van der Waals surface area contributed by atoms with E-state index in [-0.39, 0.29) is 18.6 Å². The summed E-state index contributed by atoms with van der Waals surface area (Å²) in [5, 5.41) is 12.5. The SMILES string of the molecule is CCCNc1ccccc1C(=O)N1CCCCC1CCO. The minimum atomic E-state index is 0.0901. The molecule has 1 fully saturated rings. The van der Waals surface area contributed by atoms with E-state index in [9.17, 15) is 9.90 Å². The summed E-state index contributed by atoms with van der Waals surface area (Å²) in [6.45, 7) is 3.92. The van der Waals surface area contributed by atoms with Gasteiger partial charge in [-0.25, -0.2) is 0 Å². The van der Waals surface area contributed by atoms with Gasteiger partial charge < -0.3 is 15.3 Å². The number of rotatable bonds is 6. The lowest BCUT2D eigenvalue weighted by Crippen LogP contribution is -2.44. The molecule has 2 rings (SSSR count). The van der Waals surface area contributed by atoms with Crippen molar-refractivity contribution in [2.75, 3.05) is 25.0 Å². The van der Waals surface area contributed by atoms with Crippen molar-refractivity contribution in [3.63, 3.8) is 0 Å². The topological polar surface area (TPSA) is 52.6 Å². The molecule has 4 heteroatoms. The number of hydrogen-bond acceptors (Lipinski definition) is 3. The number of hydrogen-bond donors (Lipinski definition) is 2. The van der Waals surface area contributed by atoms with E-state index in [1.165, 1.54) is 0 Å². The first-order valence-corrected chi connectivity index (χ1v) is 8.02. The summed E-state index contributed by atoms with van der Waals surface area (Å²) >= 11 is 0. The van der Waals surface area contributed by atoms with Gasteiger partial charge in [0.1, 0.15) is 0 Å². The Morgan fingerprint density at radius 1 is 1.38 bits per heavy atom. The number of benzene rings is 1. The first kappa shape index (κ1) is 15.8. The van der Waals surface area contributed by atoms with Gasteiger partial charge in [-0.3, -0.25) is 4.79 Å². The number of para-hydroxylation sites is 1. The normalized spacial score (nSPS) is 18.6. The van der Waals surface area contributed by atoms with Gasteiger partial charge in [-0.2, -0.15) is 0 Å². The second-order valence-corrected chi connectivity index (χ2v) is 5.63. The fraction of sp³-hybridized carbons (Fsp3) is 0.588. The third-order valence-corrected chi connectivity index (χ3v) is 4.07. The Balaban J connectivity index is 2.17. The number of aliphatic hydroxyl groups is 1. The van der Waals surface area contributed by atoms with Crippen molar-refractivity contribution in [1.29, 1.82) is 0 Å². The quantitative estimate of drug-likeness (QED) is 0.847. The van der Waals surface area contributed by atoms with Crippen LogP contribution in [0.4, 0.5) is 5.69 Å². The molecule has 1 aliphatic rings. The number of carbonyl (C=O) groups excluding carboxylic acids is 1.